The zero-order valence-corrected chi connectivity index (χ0v) is 14.4. The standard InChI is InChI=1S/C17H17N7O3/c25-24(26)15-16(22-8-2-1-3-9-22)19-11-20-17(15)27-14-6-4-13(5-7-14)23-12-18-10-21-23/h4-7,10-12H,1-3,8-9H2. The van der Waals surface area contributed by atoms with Crippen LogP contribution in [0.5, 0.6) is 11.6 Å². The lowest BCUT2D eigenvalue weighted by Crippen LogP contribution is -2.30. The van der Waals surface area contributed by atoms with Crippen LogP contribution in [0.4, 0.5) is 11.5 Å². The molecule has 138 valence electrons. The van der Waals surface area contributed by atoms with E-state index in [1.807, 2.05) is 4.90 Å². The lowest BCUT2D eigenvalue weighted by atomic mass is 10.1. The number of aromatic nitrogens is 5. The van der Waals surface area contributed by atoms with Crippen molar-refractivity contribution in [1.29, 1.82) is 0 Å². The fourth-order valence-electron chi connectivity index (χ4n) is 3.05. The first-order chi connectivity index (χ1) is 13.2. The third-order valence-corrected chi connectivity index (χ3v) is 4.34. The topological polar surface area (TPSA) is 112 Å². The molecule has 0 bridgehead atoms. The van der Waals surface area contributed by atoms with Crippen LogP contribution in [-0.4, -0.2) is 42.7 Å². The number of nitrogens with zero attached hydrogens (tertiary/aromatic N) is 7. The monoisotopic (exact) mass is 367 g/mol. The van der Waals surface area contributed by atoms with Crippen molar-refractivity contribution in [1.82, 2.24) is 24.7 Å². The largest absolute Gasteiger partial charge is 0.434 e. The number of hydrogen-bond donors (Lipinski definition) is 0. The highest BCUT2D eigenvalue weighted by Gasteiger charge is 2.29. The van der Waals surface area contributed by atoms with Gasteiger partial charge >= 0.3 is 11.6 Å². The average Bonchev–Trinajstić information content (AvgIpc) is 3.24. The van der Waals surface area contributed by atoms with E-state index < -0.39 is 4.92 Å². The van der Waals surface area contributed by atoms with Crippen LogP contribution < -0.4 is 9.64 Å². The lowest BCUT2D eigenvalue weighted by molar-refractivity contribution is -0.385. The Morgan fingerprint density at radius 3 is 2.48 bits per heavy atom. The van der Waals surface area contributed by atoms with Crippen LogP contribution in [0.2, 0.25) is 0 Å². The number of nitro groups is 1. The fourth-order valence-corrected chi connectivity index (χ4v) is 3.05. The quantitative estimate of drug-likeness (QED) is 0.500. The molecule has 0 spiro atoms. The van der Waals surface area contributed by atoms with E-state index in [1.165, 1.54) is 12.7 Å². The second kappa shape index (κ2) is 7.36. The molecule has 0 amide bonds. The number of rotatable bonds is 5. The van der Waals surface area contributed by atoms with E-state index in [4.69, 9.17) is 4.74 Å². The summed E-state index contributed by atoms with van der Waals surface area (Å²) in [5.74, 6) is 0.679. The normalized spacial score (nSPS) is 14.1. The summed E-state index contributed by atoms with van der Waals surface area (Å²) in [6.45, 7) is 1.48. The van der Waals surface area contributed by atoms with Crippen molar-refractivity contribution in [3.8, 4) is 17.3 Å². The van der Waals surface area contributed by atoms with Crippen molar-refractivity contribution < 1.29 is 9.66 Å². The molecule has 3 heterocycles. The minimum Gasteiger partial charge on any atom is -0.434 e. The van der Waals surface area contributed by atoms with E-state index in [-0.39, 0.29) is 11.6 Å². The minimum absolute atomic E-state index is 0.0657. The molecule has 0 aliphatic carbocycles. The van der Waals surface area contributed by atoms with Gasteiger partial charge in [-0.05, 0) is 43.5 Å². The molecule has 1 aliphatic rings. The van der Waals surface area contributed by atoms with Gasteiger partial charge in [-0.3, -0.25) is 10.1 Å². The van der Waals surface area contributed by atoms with Crippen molar-refractivity contribution >= 4 is 11.5 Å². The molecule has 1 aromatic carbocycles. The molecule has 0 radical (unpaired) electrons. The zero-order chi connectivity index (χ0) is 18.6. The van der Waals surface area contributed by atoms with Crippen molar-refractivity contribution in [2.75, 3.05) is 18.0 Å². The molecule has 3 aromatic rings. The maximum absolute atomic E-state index is 11.7. The van der Waals surface area contributed by atoms with Crippen molar-refractivity contribution in [3.63, 3.8) is 0 Å². The van der Waals surface area contributed by atoms with Gasteiger partial charge in [0.05, 0.1) is 10.6 Å². The van der Waals surface area contributed by atoms with Gasteiger partial charge in [-0.25, -0.2) is 14.6 Å². The summed E-state index contributed by atoms with van der Waals surface area (Å²) in [6, 6.07) is 6.96. The number of piperidine rings is 1. The van der Waals surface area contributed by atoms with E-state index in [9.17, 15) is 10.1 Å². The minimum atomic E-state index is -0.483. The van der Waals surface area contributed by atoms with E-state index in [2.05, 4.69) is 20.1 Å². The van der Waals surface area contributed by atoms with Gasteiger partial charge in [0.25, 0.3) is 0 Å². The summed E-state index contributed by atoms with van der Waals surface area (Å²) < 4.78 is 7.31. The van der Waals surface area contributed by atoms with Gasteiger partial charge < -0.3 is 9.64 Å². The van der Waals surface area contributed by atoms with Gasteiger partial charge in [-0.1, -0.05) is 0 Å². The van der Waals surface area contributed by atoms with Crippen molar-refractivity contribution in [2.24, 2.45) is 0 Å². The predicted molar refractivity (Wildman–Crippen MR) is 96.2 cm³/mol. The Kier molecular flexibility index (Phi) is 4.60. The van der Waals surface area contributed by atoms with Gasteiger partial charge in [0.2, 0.25) is 5.82 Å². The highest BCUT2D eigenvalue weighted by Crippen LogP contribution is 2.37. The molecule has 0 unspecified atom stereocenters. The molecule has 1 aliphatic heterocycles. The molecular formula is C17H17N7O3. The van der Waals surface area contributed by atoms with Crippen LogP contribution in [0.3, 0.4) is 0 Å². The molecule has 0 N–H and O–H groups in total. The Bertz CT molecular complexity index is 922. The van der Waals surface area contributed by atoms with Crippen LogP contribution in [0, 0.1) is 10.1 Å². The Morgan fingerprint density at radius 1 is 1.04 bits per heavy atom. The molecule has 0 saturated carbocycles. The predicted octanol–water partition coefficient (Wildman–Crippen LogP) is 2.75. The summed E-state index contributed by atoms with van der Waals surface area (Å²) in [5, 5.41) is 15.7. The van der Waals surface area contributed by atoms with E-state index in [0.29, 0.717) is 11.6 Å². The van der Waals surface area contributed by atoms with E-state index in [1.54, 1.807) is 35.3 Å². The maximum Gasteiger partial charge on any atom is 0.373 e. The summed E-state index contributed by atoms with van der Waals surface area (Å²) in [7, 11) is 0. The molecule has 27 heavy (non-hydrogen) atoms. The zero-order valence-electron chi connectivity index (χ0n) is 14.4. The highest BCUT2D eigenvalue weighted by atomic mass is 16.6. The molecule has 0 atom stereocenters. The molecule has 2 aromatic heterocycles. The van der Waals surface area contributed by atoms with Crippen LogP contribution in [0.1, 0.15) is 19.3 Å². The molecule has 4 rings (SSSR count). The second-order valence-electron chi connectivity index (χ2n) is 6.09. The first-order valence-corrected chi connectivity index (χ1v) is 8.59. The maximum atomic E-state index is 11.7. The average molecular weight is 367 g/mol. The number of ether oxygens (including phenoxy) is 1. The van der Waals surface area contributed by atoms with Crippen LogP contribution >= 0.6 is 0 Å². The van der Waals surface area contributed by atoms with Gasteiger partial charge in [0.1, 0.15) is 24.7 Å². The lowest BCUT2D eigenvalue weighted by Gasteiger charge is -2.27. The molecular weight excluding hydrogens is 350 g/mol. The van der Waals surface area contributed by atoms with Gasteiger partial charge in [-0.2, -0.15) is 10.1 Å². The Hall–Kier alpha value is -3.56. The Balaban J connectivity index is 1.62. The van der Waals surface area contributed by atoms with Crippen molar-refractivity contribution in [2.45, 2.75) is 19.3 Å². The Labute approximate surface area is 154 Å². The SMILES string of the molecule is O=[N+]([O-])c1c(Oc2ccc(-n3cncn3)cc2)ncnc1N1CCCCC1. The van der Waals surface area contributed by atoms with Gasteiger partial charge in [-0.15, -0.1) is 0 Å². The molecule has 10 nitrogen and oxygen atoms in total. The number of anilines is 1. The van der Waals surface area contributed by atoms with Crippen LogP contribution in [0.15, 0.2) is 43.2 Å². The second-order valence-corrected chi connectivity index (χ2v) is 6.09. The summed E-state index contributed by atoms with van der Waals surface area (Å²) >= 11 is 0. The van der Waals surface area contributed by atoms with Crippen LogP contribution in [0.25, 0.3) is 5.69 Å². The summed E-state index contributed by atoms with van der Waals surface area (Å²) in [4.78, 5) is 25.2. The van der Waals surface area contributed by atoms with Crippen LogP contribution in [-0.2, 0) is 0 Å². The summed E-state index contributed by atoms with van der Waals surface area (Å²) in [5.41, 5.74) is 0.589. The highest BCUT2D eigenvalue weighted by molar-refractivity contribution is 5.63. The first kappa shape index (κ1) is 16.9. The molecule has 1 saturated heterocycles. The molecule has 10 heteroatoms. The van der Waals surface area contributed by atoms with Gasteiger partial charge in [0.15, 0.2) is 0 Å². The molecule has 1 fully saturated rings. The van der Waals surface area contributed by atoms with Gasteiger partial charge in [0, 0.05) is 13.1 Å². The van der Waals surface area contributed by atoms with E-state index >= 15 is 0 Å². The fraction of sp³-hybridized carbons (Fsp3) is 0.294. The number of benzene rings is 1. The van der Waals surface area contributed by atoms with E-state index in [0.717, 1.165) is 38.0 Å². The number of hydrogen-bond acceptors (Lipinski definition) is 8. The Morgan fingerprint density at radius 2 is 1.81 bits per heavy atom. The van der Waals surface area contributed by atoms with Crippen molar-refractivity contribution in [3.05, 3.63) is 53.4 Å². The smallest absolute Gasteiger partial charge is 0.373 e. The summed E-state index contributed by atoms with van der Waals surface area (Å²) in [6.07, 6.45) is 7.42. The first-order valence-electron chi connectivity index (χ1n) is 8.59. The third kappa shape index (κ3) is 3.54. The third-order valence-electron chi connectivity index (χ3n) is 4.34.